The summed E-state index contributed by atoms with van der Waals surface area (Å²) < 4.78 is 11.4. The molecule has 37 heavy (non-hydrogen) atoms. The standard InChI is InChI=1S/C26H25Cl4N3O4/c1-14(2)10-22(32-25(34)15(3)36-24-8-5-17(28)12-21(24)30)26(35)33-31-13-18-6-9-23(37-18)19-7-4-16(27)11-20(19)29/h4-9,11-15,22H,10H2,1-3H3,(H,32,34)(H,33,35)/b31-13-/t15-,22+/m0/s1. The molecule has 3 aromatic rings. The number of carbonyl (C=O) groups excluding carboxylic acids is 2. The van der Waals surface area contributed by atoms with Crippen molar-refractivity contribution in [2.24, 2.45) is 11.0 Å². The molecule has 2 atom stereocenters. The van der Waals surface area contributed by atoms with Gasteiger partial charge in [-0.15, -0.1) is 0 Å². The summed E-state index contributed by atoms with van der Waals surface area (Å²) in [6, 6.07) is 12.3. The molecular formula is C26H25Cl4N3O4. The first-order chi connectivity index (χ1) is 17.5. The Morgan fingerprint density at radius 3 is 2.27 bits per heavy atom. The van der Waals surface area contributed by atoms with E-state index in [1.807, 2.05) is 13.8 Å². The van der Waals surface area contributed by atoms with E-state index in [4.69, 9.17) is 55.6 Å². The first kappa shape index (κ1) is 28.9. The summed E-state index contributed by atoms with van der Waals surface area (Å²) in [5.41, 5.74) is 3.12. The van der Waals surface area contributed by atoms with E-state index in [0.29, 0.717) is 44.3 Å². The van der Waals surface area contributed by atoms with E-state index in [1.165, 1.54) is 12.3 Å². The van der Waals surface area contributed by atoms with Crippen LogP contribution in [0.4, 0.5) is 0 Å². The molecule has 7 nitrogen and oxygen atoms in total. The van der Waals surface area contributed by atoms with Crippen LogP contribution in [0.1, 0.15) is 33.0 Å². The van der Waals surface area contributed by atoms with Crippen LogP contribution in [0.2, 0.25) is 20.1 Å². The number of hydrazone groups is 1. The molecule has 0 saturated carbocycles. The third-order valence-electron chi connectivity index (χ3n) is 5.10. The van der Waals surface area contributed by atoms with Crippen LogP contribution in [-0.4, -0.2) is 30.2 Å². The van der Waals surface area contributed by atoms with Gasteiger partial charge in [0.25, 0.3) is 11.8 Å². The van der Waals surface area contributed by atoms with E-state index in [0.717, 1.165) is 0 Å². The minimum absolute atomic E-state index is 0.124. The van der Waals surface area contributed by atoms with Gasteiger partial charge in [0.1, 0.15) is 23.3 Å². The Morgan fingerprint density at radius 1 is 0.946 bits per heavy atom. The fraction of sp³-hybridized carbons (Fsp3) is 0.269. The molecule has 11 heteroatoms. The molecule has 1 aromatic heterocycles. The van der Waals surface area contributed by atoms with Crippen LogP contribution in [0.3, 0.4) is 0 Å². The van der Waals surface area contributed by atoms with Gasteiger partial charge in [0.2, 0.25) is 0 Å². The van der Waals surface area contributed by atoms with Crippen LogP contribution in [0.15, 0.2) is 58.0 Å². The summed E-state index contributed by atoms with van der Waals surface area (Å²) in [6.07, 6.45) is 0.834. The minimum Gasteiger partial charge on any atom is -0.479 e. The molecule has 0 unspecified atom stereocenters. The van der Waals surface area contributed by atoms with Crippen LogP contribution in [0.5, 0.6) is 5.75 Å². The number of nitrogens with zero attached hydrogens (tertiary/aromatic N) is 1. The summed E-state index contributed by atoms with van der Waals surface area (Å²) in [7, 11) is 0. The lowest BCUT2D eigenvalue weighted by Crippen LogP contribution is -2.49. The second-order valence-corrected chi connectivity index (χ2v) is 10.3. The second kappa shape index (κ2) is 13.2. The highest BCUT2D eigenvalue weighted by atomic mass is 35.5. The largest absolute Gasteiger partial charge is 0.479 e. The summed E-state index contributed by atoms with van der Waals surface area (Å²) >= 11 is 24.2. The van der Waals surface area contributed by atoms with Crippen LogP contribution < -0.4 is 15.5 Å². The molecule has 0 saturated heterocycles. The van der Waals surface area contributed by atoms with Gasteiger partial charge >= 0.3 is 0 Å². The van der Waals surface area contributed by atoms with Crippen LogP contribution in [0, 0.1) is 5.92 Å². The van der Waals surface area contributed by atoms with E-state index < -0.39 is 24.0 Å². The normalized spacial score (nSPS) is 13.0. The first-order valence-corrected chi connectivity index (χ1v) is 12.8. The molecule has 196 valence electrons. The van der Waals surface area contributed by atoms with Gasteiger partial charge in [0.15, 0.2) is 6.10 Å². The molecule has 0 aliphatic heterocycles. The number of hydrogen-bond donors (Lipinski definition) is 2. The van der Waals surface area contributed by atoms with Gasteiger partial charge in [-0.2, -0.15) is 5.10 Å². The Morgan fingerprint density at radius 2 is 1.62 bits per heavy atom. The van der Waals surface area contributed by atoms with Crippen LogP contribution >= 0.6 is 46.4 Å². The zero-order chi connectivity index (χ0) is 27.1. The average Bonchev–Trinajstić information content (AvgIpc) is 3.28. The Bertz CT molecular complexity index is 1290. The number of furan rings is 1. The highest BCUT2D eigenvalue weighted by molar-refractivity contribution is 6.36. The van der Waals surface area contributed by atoms with E-state index in [2.05, 4.69) is 15.8 Å². The monoisotopic (exact) mass is 583 g/mol. The van der Waals surface area contributed by atoms with E-state index in [9.17, 15) is 9.59 Å². The van der Waals surface area contributed by atoms with Gasteiger partial charge in [-0.3, -0.25) is 9.59 Å². The summed E-state index contributed by atoms with van der Waals surface area (Å²) in [6.45, 7) is 5.44. The maximum Gasteiger partial charge on any atom is 0.262 e. The van der Waals surface area contributed by atoms with Crippen molar-refractivity contribution in [3.8, 4) is 17.1 Å². The molecule has 0 aliphatic rings. The maximum absolute atomic E-state index is 12.8. The summed E-state index contributed by atoms with van der Waals surface area (Å²) in [4.78, 5) is 25.5. The van der Waals surface area contributed by atoms with Gasteiger partial charge < -0.3 is 14.5 Å². The minimum atomic E-state index is -0.911. The van der Waals surface area contributed by atoms with Crippen molar-refractivity contribution >= 4 is 64.4 Å². The fourth-order valence-electron chi connectivity index (χ4n) is 3.30. The SMILES string of the molecule is CC(C)C[C@@H](NC(=O)[C@H](C)Oc1ccc(Cl)cc1Cl)C(=O)N/N=C\c1ccc(-c2ccc(Cl)cc2Cl)o1. The number of nitrogens with one attached hydrogen (secondary N) is 2. The molecule has 2 amide bonds. The van der Waals surface area contributed by atoms with Crippen molar-refractivity contribution in [3.63, 3.8) is 0 Å². The van der Waals surface area contributed by atoms with Crippen molar-refractivity contribution in [2.75, 3.05) is 0 Å². The molecule has 3 rings (SSSR count). The van der Waals surface area contributed by atoms with Gasteiger partial charge in [-0.1, -0.05) is 60.3 Å². The smallest absolute Gasteiger partial charge is 0.262 e. The number of hydrogen-bond acceptors (Lipinski definition) is 5. The second-order valence-electron chi connectivity index (χ2n) is 8.59. The Labute approximate surface area is 235 Å². The van der Waals surface area contributed by atoms with Gasteiger partial charge in [-0.05, 0) is 67.8 Å². The number of carbonyl (C=O) groups is 2. The third kappa shape index (κ3) is 8.40. The molecule has 0 fully saturated rings. The molecular weight excluding hydrogens is 560 g/mol. The molecule has 2 aromatic carbocycles. The maximum atomic E-state index is 12.8. The quantitative estimate of drug-likeness (QED) is 0.198. The predicted molar refractivity (Wildman–Crippen MR) is 148 cm³/mol. The van der Waals surface area contributed by atoms with Crippen molar-refractivity contribution < 1.29 is 18.7 Å². The number of rotatable bonds is 10. The summed E-state index contributed by atoms with van der Waals surface area (Å²) in [5.74, 6) is 0.385. The van der Waals surface area contributed by atoms with Gasteiger partial charge in [0, 0.05) is 15.6 Å². The summed E-state index contributed by atoms with van der Waals surface area (Å²) in [5, 5.41) is 8.37. The topological polar surface area (TPSA) is 92.9 Å². The van der Waals surface area contributed by atoms with Crippen molar-refractivity contribution in [1.82, 2.24) is 10.7 Å². The Balaban J connectivity index is 1.61. The highest BCUT2D eigenvalue weighted by Crippen LogP contribution is 2.31. The number of halogens is 4. The van der Waals surface area contributed by atoms with Crippen LogP contribution in [-0.2, 0) is 9.59 Å². The zero-order valence-corrected chi connectivity index (χ0v) is 23.3. The number of amides is 2. The average molecular weight is 585 g/mol. The highest BCUT2D eigenvalue weighted by Gasteiger charge is 2.25. The molecule has 0 bridgehead atoms. The van der Waals surface area contributed by atoms with Crippen molar-refractivity contribution in [3.05, 3.63) is 74.4 Å². The lowest BCUT2D eigenvalue weighted by atomic mass is 10.0. The van der Waals surface area contributed by atoms with E-state index in [1.54, 1.807) is 49.4 Å². The van der Waals surface area contributed by atoms with E-state index in [-0.39, 0.29) is 10.9 Å². The lowest BCUT2D eigenvalue weighted by Gasteiger charge is -2.22. The van der Waals surface area contributed by atoms with Gasteiger partial charge in [-0.25, -0.2) is 5.43 Å². The zero-order valence-electron chi connectivity index (χ0n) is 20.2. The fourth-order valence-corrected chi connectivity index (χ4v) is 4.26. The molecule has 0 radical (unpaired) electrons. The lowest BCUT2D eigenvalue weighted by molar-refractivity contribution is -0.132. The van der Waals surface area contributed by atoms with Crippen LogP contribution in [0.25, 0.3) is 11.3 Å². The Kier molecular flexibility index (Phi) is 10.3. The molecule has 0 aliphatic carbocycles. The Hall–Kier alpha value is -2.71. The molecule has 2 N–H and O–H groups in total. The first-order valence-electron chi connectivity index (χ1n) is 11.3. The predicted octanol–water partition coefficient (Wildman–Crippen LogP) is 7.01. The number of benzene rings is 2. The van der Waals surface area contributed by atoms with Crippen molar-refractivity contribution in [1.29, 1.82) is 0 Å². The number of ether oxygens (including phenoxy) is 1. The molecule has 0 spiro atoms. The van der Waals surface area contributed by atoms with Gasteiger partial charge in [0.05, 0.1) is 16.3 Å². The molecule has 1 heterocycles. The third-order valence-corrected chi connectivity index (χ3v) is 6.18. The van der Waals surface area contributed by atoms with E-state index >= 15 is 0 Å². The van der Waals surface area contributed by atoms with Crippen molar-refractivity contribution in [2.45, 2.75) is 39.3 Å².